The van der Waals surface area contributed by atoms with Crippen molar-refractivity contribution < 1.29 is 19.1 Å². The first-order chi connectivity index (χ1) is 17.1. The summed E-state index contributed by atoms with van der Waals surface area (Å²) in [6, 6.07) is 23.4. The number of thiocarbonyl (C=S) groups is 1. The van der Waals surface area contributed by atoms with E-state index in [9.17, 15) is 9.59 Å². The summed E-state index contributed by atoms with van der Waals surface area (Å²) in [5.74, 6) is 0.289. The summed E-state index contributed by atoms with van der Waals surface area (Å²) >= 11 is 5.14. The number of hydrogen-bond donors (Lipinski definition) is 3. The van der Waals surface area contributed by atoms with Gasteiger partial charge in [0.2, 0.25) is 0 Å². The van der Waals surface area contributed by atoms with E-state index in [1.165, 1.54) is 0 Å². The van der Waals surface area contributed by atoms with Crippen LogP contribution in [0, 0.1) is 0 Å². The zero-order valence-corrected chi connectivity index (χ0v) is 20.4. The summed E-state index contributed by atoms with van der Waals surface area (Å²) < 4.78 is 11.5. The van der Waals surface area contributed by atoms with Gasteiger partial charge in [0.05, 0.1) is 12.2 Å². The van der Waals surface area contributed by atoms with Crippen LogP contribution in [0.25, 0.3) is 0 Å². The highest BCUT2D eigenvalue weighted by Gasteiger charge is 2.14. The number of para-hydroxylation sites is 1. The van der Waals surface area contributed by atoms with Gasteiger partial charge >= 0.3 is 0 Å². The van der Waals surface area contributed by atoms with Gasteiger partial charge in [0.1, 0.15) is 18.1 Å². The Morgan fingerprint density at radius 3 is 2.26 bits per heavy atom. The van der Waals surface area contributed by atoms with E-state index in [-0.39, 0.29) is 5.11 Å². The number of nitrogens with one attached hydrogen (secondary N) is 3. The molecule has 0 aromatic heterocycles. The fraction of sp³-hybridized carbons (Fsp3) is 0.222. The molecule has 0 unspecified atom stereocenters. The van der Waals surface area contributed by atoms with Gasteiger partial charge in [0.15, 0.2) is 5.11 Å². The molecule has 7 nitrogen and oxygen atoms in total. The highest BCUT2D eigenvalue weighted by molar-refractivity contribution is 7.80. The first-order valence-corrected chi connectivity index (χ1v) is 11.9. The fourth-order valence-corrected chi connectivity index (χ4v) is 3.29. The molecule has 3 rings (SSSR count). The topological polar surface area (TPSA) is 88.7 Å². The van der Waals surface area contributed by atoms with Crippen LogP contribution in [0.2, 0.25) is 0 Å². The molecule has 0 saturated heterocycles. The van der Waals surface area contributed by atoms with Crippen molar-refractivity contribution in [2.75, 3.05) is 6.61 Å². The van der Waals surface area contributed by atoms with Gasteiger partial charge in [-0.1, -0.05) is 62.2 Å². The third-order valence-corrected chi connectivity index (χ3v) is 5.22. The molecule has 0 heterocycles. The number of unbranched alkanes of at least 4 members (excludes halogenated alkanes) is 2. The molecule has 8 heteroatoms. The van der Waals surface area contributed by atoms with E-state index >= 15 is 0 Å². The summed E-state index contributed by atoms with van der Waals surface area (Å²) in [7, 11) is 0. The van der Waals surface area contributed by atoms with Gasteiger partial charge in [0, 0.05) is 5.56 Å². The summed E-state index contributed by atoms with van der Waals surface area (Å²) in [6.07, 6.45) is 3.24. The van der Waals surface area contributed by atoms with Gasteiger partial charge in [-0.15, -0.1) is 0 Å². The maximum atomic E-state index is 12.7. The predicted molar refractivity (Wildman–Crippen MR) is 139 cm³/mol. The second-order valence-corrected chi connectivity index (χ2v) is 8.12. The Labute approximate surface area is 210 Å². The highest BCUT2D eigenvalue weighted by atomic mass is 32.1. The normalized spacial score (nSPS) is 10.2. The quantitative estimate of drug-likeness (QED) is 0.215. The maximum Gasteiger partial charge on any atom is 0.273 e. The lowest BCUT2D eigenvalue weighted by Crippen LogP contribution is -2.48. The van der Waals surface area contributed by atoms with E-state index in [1.807, 2.05) is 30.3 Å². The standard InChI is InChI=1S/C27H29N3O4S/c1-2-3-9-18-33-22-16-14-21(15-17-22)25(31)28-27(35)30-29-26(32)23-12-7-8-13-24(23)34-19-20-10-5-4-6-11-20/h4-8,10-17H,2-3,9,18-19H2,1H3,(H,29,32)(H2,28,30,31,35). The van der Waals surface area contributed by atoms with E-state index in [1.54, 1.807) is 48.5 Å². The minimum atomic E-state index is -0.449. The van der Waals surface area contributed by atoms with Crippen LogP contribution in [0.4, 0.5) is 0 Å². The third-order valence-electron chi connectivity index (χ3n) is 5.02. The van der Waals surface area contributed by atoms with Crippen molar-refractivity contribution in [3.8, 4) is 11.5 Å². The predicted octanol–water partition coefficient (Wildman–Crippen LogP) is 4.78. The number of carbonyl (C=O) groups excluding carboxylic acids is 2. The molecule has 0 atom stereocenters. The molecular formula is C27H29N3O4S. The van der Waals surface area contributed by atoms with Crippen molar-refractivity contribution >= 4 is 29.1 Å². The highest BCUT2D eigenvalue weighted by Crippen LogP contribution is 2.19. The number of hydrazine groups is 1. The summed E-state index contributed by atoms with van der Waals surface area (Å²) in [4.78, 5) is 25.1. The Morgan fingerprint density at radius 2 is 1.51 bits per heavy atom. The largest absolute Gasteiger partial charge is 0.494 e. The molecule has 0 aliphatic heterocycles. The minimum Gasteiger partial charge on any atom is -0.494 e. The molecule has 3 aromatic rings. The van der Waals surface area contributed by atoms with Crippen LogP contribution in [0.1, 0.15) is 52.5 Å². The van der Waals surface area contributed by atoms with Crippen molar-refractivity contribution in [1.82, 2.24) is 16.2 Å². The minimum absolute atomic E-state index is 0.0362. The van der Waals surface area contributed by atoms with Crippen LogP contribution >= 0.6 is 12.2 Å². The van der Waals surface area contributed by atoms with Crippen LogP contribution in [-0.4, -0.2) is 23.5 Å². The molecule has 0 fully saturated rings. The maximum absolute atomic E-state index is 12.7. The number of hydrogen-bond acceptors (Lipinski definition) is 5. The first kappa shape index (κ1) is 25.7. The van der Waals surface area contributed by atoms with E-state index in [4.69, 9.17) is 21.7 Å². The second kappa shape index (κ2) is 13.7. The van der Waals surface area contributed by atoms with E-state index in [0.29, 0.717) is 35.8 Å². The average molecular weight is 492 g/mol. The molecule has 0 aliphatic rings. The zero-order chi connectivity index (χ0) is 24.9. The Hall–Kier alpha value is -3.91. The van der Waals surface area contributed by atoms with Crippen LogP contribution in [0.5, 0.6) is 11.5 Å². The lowest BCUT2D eigenvalue weighted by molar-refractivity contribution is 0.0930. The number of amides is 2. The van der Waals surface area contributed by atoms with E-state index in [0.717, 1.165) is 24.8 Å². The first-order valence-electron chi connectivity index (χ1n) is 11.5. The van der Waals surface area contributed by atoms with Crippen LogP contribution in [-0.2, 0) is 6.61 Å². The van der Waals surface area contributed by atoms with Crippen molar-refractivity contribution in [3.63, 3.8) is 0 Å². The van der Waals surface area contributed by atoms with E-state index < -0.39 is 11.8 Å². The second-order valence-electron chi connectivity index (χ2n) is 7.71. The molecule has 2 amide bonds. The average Bonchev–Trinajstić information content (AvgIpc) is 2.89. The van der Waals surface area contributed by atoms with Gasteiger partial charge in [-0.25, -0.2) is 0 Å². The van der Waals surface area contributed by atoms with Crippen LogP contribution in [0.15, 0.2) is 78.9 Å². The van der Waals surface area contributed by atoms with Crippen molar-refractivity contribution in [1.29, 1.82) is 0 Å². The number of benzene rings is 3. The molecule has 35 heavy (non-hydrogen) atoms. The van der Waals surface area contributed by atoms with Gasteiger partial charge in [-0.05, 0) is 60.6 Å². The fourth-order valence-electron chi connectivity index (χ4n) is 3.15. The SMILES string of the molecule is CCCCCOc1ccc(C(=O)NC(=S)NNC(=O)c2ccccc2OCc2ccccc2)cc1. The molecule has 3 N–H and O–H groups in total. The number of carbonyl (C=O) groups is 2. The Kier molecular flexibility index (Phi) is 10.1. The number of rotatable bonds is 10. The molecule has 0 bridgehead atoms. The summed E-state index contributed by atoms with van der Waals surface area (Å²) in [6.45, 7) is 3.11. The van der Waals surface area contributed by atoms with E-state index in [2.05, 4.69) is 23.1 Å². The third kappa shape index (κ3) is 8.42. The van der Waals surface area contributed by atoms with Crippen molar-refractivity contribution in [2.45, 2.75) is 32.8 Å². The smallest absolute Gasteiger partial charge is 0.273 e. The van der Waals surface area contributed by atoms with Crippen molar-refractivity contribution in [2.24, 2.45) is 0 Å². The Balaban J connectivity index is 1.47. The molecule has 0 spiro atoms. The van der Waals surface area contributed by atoms with Crippen LogP contribution < -0.4 is 25.6 Å². The Bertz CT molecular complexity index is 1120. The molecule has 3 aromatic carbocycles. The molecule has 0 saturated carbocycles. The van der Waals surface area contributed by atoms with Gasteiger partial charge in [-0.2, -0.15) is 0 Å². The summed E-state index contributed by atoms with van der Waals surface area (Å²) in [5, 5.41) is 2.50. The lowest BCUT2D eigenvalue weighted by Gasteiger charge is -2.14. The van der Waals surface area contributed by atoms with Gasteiger partial charge < -0.3 is 9.47 Å². The van der Waals surface area contributed by atoms with Gasteiger partial charge in [-0.3, -0.25) is 25.8 Å². The monoisotopic (exact) mass is 491 g/mol. The molecule has 0 aliphatic carbocycles. The summed E-state index contributed by atoms with van der Waals surface area (Å²) in [5.41, 5.74) is 6.78. The van der Waals surface area contributed by atoms with Gasteiger partial charge in [0.25, 0.3) is 11.8 Å². The molecule has 182 valence electrons. The van der Waals surface area contributed by atoms with Crippen LogP contribution in [0.3, 0.4) is 0 Å². The molecular weight excluding hydrogens is 462 g/mol. The molecule has 0 radical (unpaired) electrons. The van der Waals surface area contributed by atoms with Crippen molar-refractivity contribution in [3.05, 3.63) is 95.6 Å². The lowest BCUT2D eigenvalue weighted by atomic mass is 10.2. The number of ether oxygens (including phenoxy) is 2. The Morgan fingerprint density at radius 1 is 0.800 bits per heavy atom. The zero-order valence-electron chi connectivity index (χ0n) is 19.6.